The van der Waals surface area contributed by atoms with Crippen molar-refractivity contribution in [1.29, 1.82) is 0 Å². The van der Waals surface area contributed by atoms with Crippen LogP contribution in [-0.2, 0) is 9.59 Å². The highest BCUT2D eigenvalue weighted by Crippen LogP contribution is 2.18. The number of carbonyl (C=O) groups is 2. The number of amides is 1. The zero-order valence-corrected chi connectivity index (χ0v) is 9.55. The Bertz CT molecular complexity index is 375. The molecular formula is C12H15NO4. The minimum Gasteiger partial charge on any atom is -0.494 e. The van der Waals surface area contributed by atoms with Gasteiger partial charge in [-0.15, -0.1) is 0 Å². The molecule has 0 aliphatic rings. The maximum Gasteiger partial charge on any atom is 0.330 e. The van der Waals surface area contributed by atoms with Gasteiger partial charge in [0.1, 0.15) is 5.75 Å². The zero-order valence-electron chi connectivity index (χ0n) is 9.55. The van der Waals surface area contributed by atoms with Crippen LogP contribution in [0, 0.1) is 0 Å². The van der Waals surface area contributed by atoms with E-state index < -0.39 is 12.0 Å². The molecule has 0 radical (unpaired) electrons. The summed E-state index contributed by atoms with van der Waals surface area (Å²) in [6, 6.07) is 5.61. The average molecular weight is 237 g/mol. The van der Waals surface area contributed by atoms with Crippen molar-refractivity contribution in [3.63, 3.8) is 0 Å². The van der Waals surface area contributed by atoms with Gasteiger partial charge >= 0.3 is 5.97 Å². The summed E-state index contributed by atoms with van der Waals surface area (Å²) >= 11 is 0. The number of carboxylic acid groups (broad SMARTS) is 1. The van der Waals surface area contributed by atoms with E-state index in [1.54, 1.807) is 24.3 Å². The van der Waals surface area contributed by atoms with Gasteiger partial charge in [-0.05, 0) is 24.1 Å². The molecule has 0 aliphatic heterocycles. The van der Waals surface area contributed by atoms with Gasteiger partial charge in [-0.1, -0.05) is 19.1 Å². The second-order valence-corrected chi connectivity index (χ2v) is 3.47. The summed E-state index contributed by atoms with van der Waals surface area (Å²) in [7, 11) is 0. The van der Waals surface area contributed by atoms with Crippen molar-refractivity contribution in [2.45, 2.75) is 19.4 Å². The van der Waals surface area contributed by atoms with Crippen molar-refractivity contribution < 1.29 is 19.4 Å². The van der Waals surface area contributed by atoms with E-state index >= 15 is 0 Å². The third kappa shape index (κ3) is 3.79. The molecule has 1 aromatic rings. The molecule has 0 fully saturated rings. The molecule has 0 saturated carbocycles. The van der Waals surface area contributed by atoms with E-state index in [0.717, 1.165) is 6.42 Å². The number of benzene rings is 1. The van der Waals surface area contributed by atoms with Crippen molar-refractivity contribution in [2.24, 2.45) is 0 Å². The molecule has 2 N–H and O–H groups in total. The van der Waals surface area contributed by atoms with Gasteiger partial charge in [-0.3, -0.25) is 4.79 Å². The van der Waals surface area contributed by atoms with Crippen molar-refractivity contribution in [3.05, 3.63) is 29.8 Å². The van der Waals surface area contributed by atoms with Crippen LogP contribution in [0.25, 0.3) is 0 Å². The molecule has 17 heavy (non-hydrogen) atoms. The van der Waals surface area contributed by atoms with Crippen LogP contribution in [0.1, 0.15) is 24.9 Å². The molecule has 0 heterocycles. The first-order chi connectivity index (χ1) is 8.19. The molecular weight excluding hydrogens is 222 g/mol. The lowest BCUT2D eigenvalue weighted by atomic mass is 10.1. The predicted molar refractivity (Wildman–Crippen MR) is 61.8 cm³/mol. The normalized spacial score (nSPS) is 11.6. The summed E-state index contributed by atoms with van der Waals surface area (Å²) in [5.74, 6) is -0.412. The Morgan fingerprint density at radius 3 is 2.59 bits per heavy atom. The number of hydrogen-bond acceptors (Lipinski definition) is 3. The van der Waals surface area contributed by atoms with E-state index in [-0.39, 0.29) is 0 Å². The summed E-state index contributed by atoms with van der Waals surface area (Å²) in [6.07, 6.45) is 1.28. The summed E-state index contributed by atoms with van der Waals surface area (Å²) in [5.41, 5.74) is 0.508. The molecule has 1 aromatic carbocycles. The van der Waals surface area contributed by atoms with E-state index in [0.29, 0.717) is 24.3 Å². The number of hydrogen-bond donors (Lipinski definition) is 2. The Morgan fingerprint density at radius 2 is 2.12 bits per heavy atom. The lowest BCUT2D eigenvalue weighted by Crippen LogP contribution is -2.27. The van der Waals surface area contributed by atoms with Crippen molar-refractivity contribution in [2.75, 3.05) is 6.61 Å². The van der Waals surface area contributed by atoms with Gasteiger partial charge < -0.3 is 15.2 Å². The first kappa shape index (κ1) is 13.0. The number of ether oxygens (including phenoxy) is 1. The maximum absolute atomic E-state index is 10.9. The number of nitrogens with one attached hydrogen (secondary N) is 1. The van der Waals surface area contributed by atoms with Gasteiger partial charge in [0.05, 0.1) is 6.61 Å². The molecule has 1 atom stereocenters. The Hall–Kier alpha value is -2.04. The van der Waals surface area contributed by atoms with Crippen LogP contribution in [0.4, 0.5) is 0 Å². The summed E-state index contributed by atoms with van der Waals surface area (Å²) in [6.45, 7) is 2.62. The number of carbonyl (C=O) groups excluding carboxylic acids is 1. The quantitative estimate of drug-likeness (QED) is 0.702. The molecule has 1 unspecified atom stereocenters. The summed E-state index contributed by atoms with van der Waals surface area (Å²) < 4.78 is 5.37. The van der Waals surface area contributed by atoms with E-state index in [1.165, 1.54) is 0 Å². The third-order valence-electron chi connectivity index (χ3n) is 2.17. The SMILES string of the molecule is CCCOc1ccc(C(NC=O)C(=O)O)cc1. The third-order valence-corrected chi connectivity index (χ3v) is 2.17. The molecule has 92 valence electrons. The van der Waals surface area contributed by atoms with Crippen molar-refractivity contribution >= 4 is 12.4 Å². The van der Waals surface area contributed by atoms with Crippen LogP contribution in [0.5, 0.6) is 5.75 Å². The lowest BCUT2D eigenvalue weighted by Gasteiger charge is -2.12. The molecule has 1 rings (SSSR count). The van der Waals surface area contributed by atoms with Crippen LogP contribution in [0.3, 0.4) is 0 Å². The van der Waals surface area contributed by atoms with Gasteiger partial charge in [0.2, 0.25) is 6.41 Å². The minimum absolute atomic E-state index is 0.375. The van der Waals surface area contributed by atoms with E-state index in [9.17, 15) is 9.59 Å². The average Bonchev–Trinajstić information content (AvgIpc) is 2.34. The standard InChI is InChI=1S/C12H15NO4/c1-2-7-17-10-5-3-9(4-6-10)11(12(15)16)13-8-14/h3-6,8,11H,2,7H2,1H3,(H,13,14)(H,15,16). The van der Waals surface area contributed by atoms with Crippen LogP contribution < -0.4 is 10.1 Å². The smallest absolute Gasteiger partial charge is 0.330 e. The lowest BCUT2D eigenvalue weighted by molar-refractivity contribution is -0.140. The van der Waals surface area contributed by atoms with Gasteiger partial charge in [-0.25, -0.2) is 4.79 Å². The van der Waals surface area contributed by atoms with E-state index in [1.807, 2.05) is 6.92 Å². The largest absolute Gasteiger partial charge is 0.494 e. The van der Waals surface area contributed by atoms with Crippen LogP contribution >= 0.6 is 0 Å². The first-order valence-electron chi connectivity index (χ1n) is 5.34. The molecule has 5 nitrogen and oxygen atoms in total. The van der Waals surface area contributed by atoms with Crippen molar-refractivity contribution in [3.8, 4) is 5.75 Å². The monoisotopic (exact) mass is 237 g/mol. The fourth-order valence-corrected chi connectivity index (χ4v) is 1.35. The Labute approximate surface area is 99.4 Å². The molecule has 0 saturated heterocycles. The molecule has 5 heteroatoms. The van der Waals surface area contributed by atoms with Gasteiger partial charge in [0, 0.05) is 0 Å². The van der Waals surface area contributed by atoms with Crippen LogP contribution in [0.15, 0.2) is 24.3 Å². The zero-order chi connectivity index (χ0) is 12.7. The molecule has 0 spiro atoms. The van der Waals surface area contributed by atoms with E-state index in [4.69, 9.17) is 9.84 Å². The highest BCUT2D eigenvalue weighted by molar-refractivity contribution is 5.78. The molecule has 0 aromatic heterocycles. The highest BCUT2D eigenvalue weighted by atomic mass is 16.5. The Kier molecular flexibility index (Phi) is 5.00. The second kappa shape index (κ2) is 6.52. The van der Waals surface area contributed by atoms with Gasteiger partial charge in [0.25, 0.3) is 0 Å². The fourth-order valence-electron chi connectivity index (χ4n) is 1.35. The van der Waals surface area contributed by atoms with Crippen LogP contribution in [0.2, 0.25) is 0 Å². The maximum atomic E-state index is 10.9. The predicted octanol–water partition coefficient (Wildman–Crippen LogP) is 1.35. The number of rotatable bonds is 7. The fraction of sp³-hybridized carbons (Fsp3) is 0.333. The summed E-state index contributed by atoms with van der Waals surface area (Å²) in [4.78, 5) is 21.2. The highest BCUT2D eigenvalue weighted by Gasteiger charge is 2.18. The Balaban J connectivity index is 2.76. The topological polar surface area (TPSA) is 75.6 Å². The minimum atomic E-state index is -1.10. The molecule has 0 bridgehead atoms. The van der Waals surface area contributed by atoms with E-state index in [2.05, 4.69) is 5.32 Å². The second-order valence-electron chi connectivity index (χ2n) is 3.47. The molecule has 0 aliphatic carbocycles. The number of carboxylic acids is 1. The Morgan fingerprint density at radius 1 is 1.47 bits per heavy atom. The van der Waals surface area contributed by atoms with Gasteiger partial charge in [-0.2, -0.15) is 0 Å². The van der Waals surface area contributed by atoms with Crippen LogP contribution in [-0.4, -0.2) is 24.1 Å². The number of aliphatic carboxylic acids is 1. The molecule has 1 amide bonds. The summed E-state index contributed by atoms with van der Waals surface area (Å²) in [5, 5.41) is 11.2. The van der Waals surface area contributed by atoms with Gasteiger partial charge in [0.15, 0.2) is 6.04 Å². The van der Waals surface area contributed by atoms with Crippen molar-refractivity contribution in [1.82, 2.24) is 5.32 Å². The first-order valence-corrected chi connectivity index (χ1v) is 5.34.